The number of benzene rings is 2. The SMILES string of the molecule is C=O.CC1(C)CN(C2CC2)Cc2ccc(C#Cc3ccc(CO)cc3)cc21. The number of hydrogen-bond donors (Lipinski definition) is 1. The topological polar surface area (TPSA) is 40.5 Å². The molecule has 1 fully saturated rings. The van der Waals surface area contributed by atoms with Gasteiger partial charge in [0.2, 0.25) is 0 Å². The Bertz CT molecular complexity index is 854. The smallest absolute Gasteiger partial charge is 0.106 e. The van der Waals surface area contributed by atoms with Crippen molar-refractivity contribution in [1.82, 2.24) is 4.90 Å². The van der Waals surface area contributed by atoms with Crippen LogP contribution >= 0.6 is 0 Å². The lowest BCUT2D eigenvalue weighted by Gasteiger charge is -2.40. The first-order valence-corrected chi connectivity index (χ1v) is 9.43. The second-order valence-corrected chi connectivity index (χ2v) is 8.00. The van der Waals surface area contributed by atoms with Crippen LogP contribution in [-0.2, 0) is 23.4 Å². The molecule has 0 atom stereocenters. The van der Waals surface area contributed by atoms with Crippen molar-refractivity contribution in [2.75, 3.05) is 6.54 Å². The predicted molar refractivity (Wildman–Crippen MR) is 108 cm³/mol. The van der Waals surface area contributed by atoms with Gasteiger partial charge in [-0.25, -0.2) is 0 Å². The average molecular weight is 361 g/mol. The Morgan fingerprint density at radius 3 is 2.33 bits per heavy atom. The molecule has 1 N–H and O–H groups in total. The van der Waals surface area contributed by atoms with E-state index in [0.717, 1.165) is 35.8 Å². The molecule has 1 aliphatic carbocycles. The molecular weight excluding hydrogens is 334 g/mol. The molecule has 1 heterocycles. The molecular formula is C24H27NO2. The summed E-state index contributed by atoms with van der Waals surface area (Å²) in [7, 11) is 0. The summed E-state index contributed by atoms with van der Waals surface area (Å²) in [6.45, 7) is 9.01. The molecule has 2 aliphatic rings. The molecule has 1 saturated carbocycles. The Labute approximate surface area is 162 Å². The molecule has 0 bridgehead atoms. The van der Waals surface area contributed by atoms with Gasteiger partial charge in [0, 0.05) is 35.7 Å². The first kappa shape index (κ1) is 19.4. The molecule has 3 nitrogen and oxygen atoms in total. The van der Waals surface area contributed by atoms with E-state index in [0.29, 0.717) is 0 Å². The minimum absolute atomic E-state index is 0.0749. The minimum Gasteiger partial charge on any atom is -0.392 e. The summed E-state index contributed by atoms with van der Waals surface area (Å²) in [4.78, 5) is 10.6. The van der Waals surface area contributed by atoms with Gasteiger partial charge in [-0.3, -0.25) is 4.90 Å². The van der Waals surface area contributed by atoms with Crippen molar-refractivity contribution in [2.24, 2.45) is 0 Å². The fraction of sp³-hybridized carbons (Fsp3) is 0.375. The van der Waals surface area contributed by atoms with E-state index < -0.39 is 0 Å². The van der Waals surface area contributed by atoms with Gasteiger partial charge in [0.15, 0.2) is 0 Å². The molecule has 0 unspecified atom stereocenters. The fourth-order valence-corrected chi connectivity index (χ4v) is 3.83. The molecule has 1 aliphatic heterocycles. The highest BCUT2D eigenvalue weighted by Crippen LogP contribution is 2.39. The third-order valence-electron chi connectivity index (χ3n) is 5.36. The number of aliphatic hydroxyl groups is 1. The van der Waals surface area contributed by atoms with Crippen LogP contribution in [-0.4, -0.2) is 29.4 Å². The van der Waals surface area contributed by atoms with Gasteiger partial charge in [0.05, 0.1) is 6.61 Å². The van der Waals surface area contributed by atoms with Crippen molar-refractivity contribution in [2.45, 2.75) is 51.3 Å². The Balaban J connectivity index is 0.00000102. The lowest BCUT2D eigenvalue weighted by atomic mass is 9.77. The van der Waals surface area contributed by atoms with Gasteiger partial charge in [-0.2, -0.15) is 0 Å². The molecule has 0 amide bonds. The molecule has 0 aromatic heterocycles. The van der Waals surface area contributed by atoms with E-state index in [4.69, 9.17) is 9.90 Å². The van der Waals surface area contributed by atoms with Crippen molar-refractivity contribution in [1.29, 1.82) is 0 Å². The van der Waals surface area contributed by atoms with E-state index in [2.05, 4.69) is 48.8 Å². The number of aliphatic hydroxyl groups excluding tert-OH is 1. The normalized spacial score (nSPS) is 17.7. The number of rotatable bonds is 2. The maximum absolute atomic E-state index is 9.12. The molecule has 0 spiro atoms. The van der Waals surface area contributed by atoms with Crippen LogP contribution < -0.4 is 0 Å². The molecule has 3 heteroatoms. The van der Waals surface area contributed by atoms with E-state index >= 15 is 0 Å². The highest BCUT2D eigenvalue weighted by atomic mass is 16.3. The van der Waals surface area contributed by atoms with Crippen LogP contribution in [0.5, 0.6) is 0 Å². The third kappa shape index (κ3) is 4.47. The third-order valence-corrected chi connectivity index (χ3v) is 5.36. The molecule has 0 radical (unpaired) electrons. The number of carbonyl (C=O) groups is 1. The highest BCUT2D eigenvalue weighted by molar-refractivity contribution is 5.48. The quantitative estimate of drug-likeness (QED) is 0.830. The zero-order valence-corrected chi connectivity index (χ0v) is 16.2. The summed E-state index contributed by atoms with van der Waals surface area (Å²) in [6.07, 6.45) is 2.73. The average Bonchev–Trinajstić information content (AvgIpc) is 3.53. The Morgan fingerprint density at radius 1 is 1.07 bits per heavy atom. The van der Waals surface area contributed by atoms with Crippen LogP contribution in [0.3, 0.4) is 0 Å². The van der Waals surface area contributed by atoms with Crippen LogP contribution in [0.25, 0.3) is 0 Å². The standard InChI is InChI=1S/C23H25NO.CH2O/c1-23(2)16-24(21-11-12-21)14-20-10-9-18(13-22(20)23)6-3-17-4-7-19(15-25)8-5-17;1-2/h4-5,7-10,13,21,25H,11-12,14-16H2,1-2H3;1H2. The number of nitrogens with zero attached hydrogens (tertiary/aromatic N) is 1. The summed E-state index contributed by atoms with van der Waals surface area (Å²) in [5, 5.41) is 9.12. The van der Waals surface area contributed by atoms with Crippen molar-refractivity contribution >= 4 is 6.79 Å². The van der Waals surface area contributed by atoms with Gasteiger partial charge in [-0.05, 0) is 53.8 Å². The van der Waals surface area contributed by atoms with Crippen LogP contribution in [0.15, 0.2) is 42.5 Å². The Kier molecular flexibility index (Phi) is 5.79. The molecule has 2 aromatic rings. The van der Waals surface area contributed by atoms with Gasteiger partial charge in [-0.1, -0.05) is 43.9 Å². The largest absolute Gasteiger partial charge is 0.392 e. The first-order chi connectivity index (χ1) is 13.0. The summed E-state index contributed by atoms with van der Waals surface area (Å²) < 4.78 is 0. The lowest BCUT2D eigenvalue weighted by molar-refractivity contribution is -0.0979. The van der Waals surface area contributed by atoms with Gasteiger partial charge in [-0.15, -0.1) is 0 Å². The lowest BCUT2D eigenvalue weighted by Crippen LogP contribution is -2.43. The second-order valence-electron chi connectivity index (χ2n) is 8.00. The maximum atomic E-state index is 9.12. The van der Waals surface area contributed by atoms with Crippen LogP contribution in [0.1, 0.15) is 54.5 Å². The molecule has 2 aromatic carbocycles. The summed E-state index contributed by atoms with van der Waals surface area (Å²) in [6, 6.07) is 15.3. The molecule has 140 valence electrons. The van der Waals surface area contributed by atoms with E-state index in [1.54, 1.807) is 0 Å². The maximum Gasteiger partial charge on any atom is 0.106 e. The van der Waals surface area contributed by atoms with Gasteiger partial charge in [0.25, 0.3) is 0 Å². The Morgan fingerprint density at radius 2 is 1.70 bits per heavy atom. The first-order valence-electron chi connectivity index (χ1n) is 9.43. The molecule has 27 heavy (non-hydrogen) atoms. The zero-order chi connectivity index (χ0) is 19.4. The van der Waals surface area contributed by atoms with Crippen LogP contribution in [0, 0.1) is 11.8 Å². The summed E-state index contributed by atoms with van der Waals surface area (Å²) in [5.74, 6) is 6.55. The van der Waals surface area contributed by atoms with Crippen LogP contribution in [0.2, 0.25) is 0 Å². The van der Waals surface area contributed by atoms with Gasteiger partial charge in [0.1, 0.15) is 6.79 Å². The summed E-state index contributed by atoms with van der Waals surface area (Å²) in [5.41, 5.74) is 6.07. The van der Waals surface area contributed by atoms with Gasteiger partial charge >= 0.3 is 0 Å². The van der Waals surface area contributed by atoms with Crippen molar-refractivity contribution in [3.05, 3.63) is 70.3 Å². The van der Waals surface area contributed by atoms with E-state index in [1.165, 1.54) is 24.0 Å². The Hall–Kier alpha value is -2.41. The number of carbonyl (C=O) groups excluding carboxylic acids is 1. The number of fused-ring (bicyclic) bond motifs is 1. The number of hydrogen-bond acceptors (Lipinski definition) is 3. The molecule has 4 rings (SSSR count). The predicted octanol–water partition coefficient (Wildman–Crippen LogP) is 3.65. The molecule has 0 saturated heterocycles. The summed E-state index contributed by atoms with van der Waals surface area (Å²) >= 11 is 0. The van der Waals surface area contributed by atoms with Crippen molar-refractivity contribution in [3.63, 3.8) is 0 Å². The van der Waals surface area contributed by atoms with E-state index in [-0.39, 0.29) is 12.0 Å². The fourth-order valence-electron chi connectivity index (χ4n) is 3.83. The monoisotopic (exact) mass is 361 g/mol. The van der Waals surface area contributed by atoms with E-state index in [9.17, 15) is 0 Å². The van der Waals surface area contributed by atoms with Crippen LogP contribution in [0.4, 0.5) is 0 Å². The van der Waals surface area contributed by atoms with E-state index in [1.807, 2.05) is 31.1 Å². The van der Waals surface area contributed by atoms with Crippen molar-refractivity contribution < 1.29 is 9.90 Å². The highest BCUT2D eigenvalue weighted by Gasteiger charge is 2.38. The van der Waals surface area contributed by atoms with Gasteiger partial charge < -0.3 is 9.90 Å². The van der Waals surface area contributed by atoms with Crippen molar-refractivity contribution in [3.8, 4) is 11.8 Å². The zero-order valence-electron chi connectivity index (χ0n) is 16.2. The minimum atomic E-state index is 0.0749. The second kappa shape index (κ2) is 8.08.